The van der Waals surface area contributed by atoms with Crippen LogP contribution in [0.25, 0.3) is 0 Å². The second kappa shape index (κ2) is 9.65. The Morgan fingerprint density at radius 1 is 1.14 bits per heavy atom. The highest BCUT2D eigenvalue weighted by Gasteiger charge is 2.45. The van der Waals surface area contributed by atoms with E-state index in [1.807, 2.05) is 0 Å². The topological polar surface area (TPSA) is 83.7 Å². The zero-order valence-corrected chi connectivity index (χ0v) is 17.9. The normalized spacial score (nSPS) is 19.0. The van der Waals surface area contributed by atoms with E-state index in [0.717, 1.165) is 38.6 Å². The summed E-state index contributed by atoms with van der Waals surface area (Å²) in [5, 5.41) is 0. The first-order valence-corrected chi connectivity index (χ1v) is 11.5. The molecular formula is C21H32NO5S+. The first-order chi connectivity index (χ1) is 13.2. The zero-order valence-electron chi connectivity index (χ0n) is 17.1. The molecule has 0 bridgehead atoms. The van der Waals surface area contributed by atoms with Crippen molar-refractivity contribution in [3.05, 3.63) is 29.3 Å². The smallest absolute Gasteiger partial charge is 0.293 e. The summed E-state index contributed by atoms with van der Waals surface area (Å²) in [6.45, 7) is 8.34. The molecule has 0 aromatic heterocycles. The van der Waals surface area contributed by atoms with Crippen LogP contribution in [0.1, 0.15) is 63.5 Å². The van der Waals surface area contributed by atoms with E-state index in [1.165, 1.54) is 22.5 Å². The van der Waals surface area contributed by atoms with E-state index < -0.39 is 10.1 Å². The average molecular weight is 411 g/mol. The van der Waals surface area contributed by atoms with E-state index in [4.69, 9.17) is 9.29 Å². The maximum absolute atomic E-state index is 11.0. The first kappa shape index (κ1) is 22.6. The molecule has 6 nitrogen and oxygen atoms in total. The van der Waals surface area contributed by atoms with Crippen molar-refractivity contribution >= 4 is 28.0 Å². The van der Waals surface area contributed by atoms with Crippen LogP contribution >= 0.6 is 0 Å². The minimum atomic E-state index is -3.90. The largest absolute Gasteiger partial charge is 0.468 e. The molecule has 1 unspecified atom stereocenters. The molecule has 0 spiro atoms. The summed E-state index contributed by atoms with van der Waals surface area (Å²) in [6.07, 6.45) is 4.89. The number of nitrogens with zero attached hydrogens (tertiary/aromatic N) is 1. The van der Waals surface area contributed by atoms with Crippen molar-refractivity contribution < 1.29 is 27.1 Å². The Labute approximate surface area is 168 Å². The number of aryl methyl sites for hydroxylation is 1. The van der Waals surface area contributed by atoms with Gasteiger partial charge in [-0.3, -0.25) is 9.35 Å². The lowest BCUT2D eigenvalue weighted by Crippen LogP contribution is -2.30. The highest BCUT2D eigenvalue weighted by molar-refractivity contribution is 7.85. The van der Waals surface area contributed by atoms with E-state index in [0.29, 0.717) is 19.5 Å². The van der Waals surface area contributed by atoms with Crippen LogP contribution in [0, 0.1) is 6.92 Å². The van der Waals surface area contributed by atoms with Gasteiger partial charge in [0, 0.05) is 25.0 Å². The number of ether oxygens (including phenoxy) is 1. The number of carbonyl (C=O) groups excluding carboxylic acids is 1. The molecule has 156 valence electrons. The SMILES string of the molecule is CC1=[N+](CCCCCOC=O)c2ccc(C)cc2C1(C)CCCCS(=O)(=O)O. The fourth-order valence-corrected chi connectivity index (χ4v) is 4.62. The standard InChI is InChI=1S/C21H31NO5S/c1-17-9-10-20-19(15-17)21(3,11-5-8-14-28(24,25)26)18(2)22(20)12-6-4-7-13-27-16-23/h9-10,15-16H,4-8,11-14H2,1-3H3/p+1. The van der Waals surface area contributed by atoms with E-state index in [1.54, 1.807) is 0 Å². The van der Waals surface area contributed by atoms with E-state index >= 15 is 0 Å². The minimum Gasteiger partial charge on any atom is -0.468 e. The molecule has 1 heterocycles. The molecule has 0 radical (unpaired) electrons. The van der Waals surface area contributed by atoms with Crippen molar-refractivity contribution in [1.82, 2.24) is 0 Å². The van der Waals surface area contributed by atoms with Gasteiger partial charge in [0.05, 0.1) is 17.8 Å². The van der Waals surface area contributed by atoms with Crippen LogP contribution in [-0.2, 0) is 25.1 Å². The number of fused-ring (bicyclic) bond motifs is 1. The van der Waals surface area contributed by atoms with Crippen molar-refractivity contribution in [2.75, 3.05) is 18.9 Å². The van der Waals surface area contributed by atoms with Gasteiger partial charge in [-0.15, -0.1) is 0 Å². The van der Waals surface area contributed by atoms with Gasteiger partial charge >= 0.3 is 0 Å². The molecule has 1 N–H and O–H groups in total. The lowest BCUT2D eigenvalue weighted by atomic mass is 9.75. The molecule has 2 rings (SSSR count). The van der Waals surface area contributed by atoms with Gasteiger partial charge in [-0.25, -0.2) is 0 Å². The molecule has 0 aliphatic carbocycles. The lowest BCUT2D eigenvalue weighted by molar-refractivity contribution is -0.439. The number of benzene rings is 1. The van der Waals surface area contributed by atoms with Gasteiger partial charge in [0.15, 0.2) is 5.71 Å². The third kappa shape index (κ3) is 5.64. The van der Waals surface area contributed by atoms with Gasteiger partial charge in [-0.2, -0.15) is 13.0 Å². The van der Waals surface area contributed by atoms with Crippen molar-refractivity contribution in [1.29, 1.82) is 0 Å². The summed E-state index contributed by atoms with van der Waals surface area (Å²) in [4.78, 5) is 10.2. The molecule has 1 aromatic rings. The van der Waals surface area contributed by atoms with Gasteiger partial charge in [-0.1, -0.05) is 18.1 Å². The number of carbonyl (C=O) groups is 1. The van der Waals surface area contributed by atoms with E-state index in [2.05, 4.69) is 43.5 Å². The average Bonchev–Trinajstić information content (AvgIpc) is 2.82. The Kier molecular flexibility index (Phi) is 7.78. The molecule has 0 fully saturated rings. The predicted octanol–water partition coefficient (Wildman–Crippen LogP) is 3.77. The molecule has 1 aliphatic rings. The van der Waals surface area contributed by atoms with E-state index in [-0.39, 0.29) is 11.2 Å². The van der Waals surface area contributed by atoms with Gasteiger partial charge in [0.25, 0.3) is 16.6 Å². The maximum atomic E-state index is 11.0. The van der Waals surface area contributed by atoms with Crippen LogP contribution in [0.5, 0.6) is 0 Å². The molecular weight excluding hydrogens is 378 g/mol. The summed E-state index contributed by atoms with van der Waals surface area (Å²) in [7, 11) is -3.90. The van der Waals surface area contributed by atoms with Crippen LogP contribution in [-0.4, -0.2) is 48.6 Å². The second-order valence-electron chi connectivity index (χ2n) is 7.86. The summed E-state index contributed by atoms with van der Waals surface area (Å²) in [5.41, 5.74) is 4.87. The molecule has 28 heavy (non-hydrogen) atoms. The van der Waals surface area contributed by atoms with E-state index in [9.17, 15) is 13.2 Å². The molecule has 1 aliphatic heterocycles. The highest BCUT2D eigenvalue weighted by Crippen LogP contribution is 2.43. The Morgan fingerprint density at radius 2 is 1.89 bits per heavy atom. The van der Waals surface area contributed by atoms with Crippen molar-refractivity contribution in [2.45, 2.75) is 64.7 Å². The molecule has 0 saturated heterocycles. The lowest BCUT2D eigenvalue weighted by Gasteiger charge is -2.22. The Hall–Kier alpha value is -1.73. The Morgan fingerprint density at radius 3 is 2.57 bits per heavy atom. The first-order valence-electron chi connectivity index (χ1n) is 9.92. The van der Waals surface area contributed by atoms with Crippen LogP contribution in [0.3, 0.4) is 0 Å². The Balaban J connectivity index is 2.11. The van der Waals surface area contributed by atoms with Gasteiger partial charge in [0.1, 0.15) is 6.54 Å². The number of unbranched alkanes of at least 4 members (excludes halogenated alkanes) is 3. The quantitative estimate of drug-likeness (QED) is 0.245. The fraction of sp³-hybridized carbons (Fsp3) is 0.619. The maximum Gasteiger partial charge on any atom is 0.293 e. The number of rotatable bonds is 12. The monoisotopic (exact) mass is 410 g/mol. The van der Waals surface area contributed by atoms with Crippen molar-refractivity contribution in [2.24, 2.45) is 0 Å². The third-order valence-electron chi connectivity index (χ3n) is 5.78. The van der Waals surface area contributed by atoms with Crippen molar-refractivity contribution in [3.63, 3.8) is 0 Å². The molecule has 0 amide bonds. The second-order valence-corrected chi connectivity index (χ2v) is 9.43. The van der Waals surface area contributed by atoms with Crippen LogP contribution in [0.4, 0.5) is 5.69 Å². The molecule has 0 saturated carbocycles. The summed E-state index contributed by atoms with van der Waals surface area (Å²) in [5.74, 6) is -0.185. The van der Waals surface area contributed by atoms with Gasteiger partial charge < -0.3 is 4.74 Å². The minimum absolute atomic E-state index is 0.138. The third-order valence-corrected chi connectivity index (χ3v) is 6.59. The number of hydrogen-bond acceptors (Lipinski definition) is 4. The van der Waals surface area contributed by atoms with Crippen LogP contribution in [0.2, 0.25) is 0 Å². The predicted molar refractivity (Wildman–Crippen MR) is 110 cm³/mol. The number of hydrogen-bond donors (Lipinski definition) is 1. The molecule has 7 heteroatoms. The fourth-order valence-electron chi connectivity index (χ4n) is 4.05. The highest BCUT2D eigenvalue weighted by atomic mass is 32.2. The van der Waals surface area contributed by atoms with Crippen LogP contribution in [0.15, 0.2) is 18.2 Å². The Bertz CT molecular complexity index is 831. The van der Waals surface area contributed by atoms with Crippen LogP contribution < -0.4 is 0 Å². The summed E-state index contributed by atoms with van der Waals surface area (Å²) >= 11 is 0. The molecule has 1 atom stereocenters. The summed E-state index contributed by atoms with van der Waals surface area (Å²) in [6, 6.07) is 6.54. The van der Waals surface area contributed by atoms with Gasteiger partial charge in [0.2, 0.25) is 5.69 Å². The summed E-state index contributed by atoms with van der Waals surface area (Å²) < 4.78 is 38.1. The van der Waals surface area contributed by atoms with Crippen molar-refractivity contribution in [3.8, 4) is 0 Å². The zero-order chi connectivity index (χ0) is 20.8. The van der Waals surface area contributed by atoms with Gasteiger partial charge in [-0.05, 0) is 45.6 Å². The molecule has 1 aromatic carbocycles.